The van der Waals surface area contributed by atoms with E-state index in [9.17, 15) is 4.79 Å². The maximum Gasteiger partial charge on any atom is 0.278 e. The van der Waals surface area contributed by atoms with Crippen LogP contribution in [0.15, 0.2) is 47.4 Å². The molecule has 5 rings (SSSR count). The lowest BCUT2D eigenvalue weighted by Crippen LogP contribution is -2.25. The van der Waals surface area contributed by atoms with Crippen molar-refractivity contribution in [2.45, 2.75) is 59.2 Å². The van der Waals surface area contributed by atoms with E-state index in [1.165, 1.54) is 11.1 Å². The van der Waals surface area contributed by atoms with Gasteiger partial charge in [-0.1, -0.05) is 32.9 Å². The molecule has 0 atom stereocenters. The largest absolute Gasteiger partial charge is 0.324 e. The second-order valence-corrected chi connectivity index (χ2v) is 10.4. The number of pyridine rings is 1. The molecule has 1 N–H and O–H groups in total. The zero-order valence-corrected chi connectivity index (χ0v) is 20.6. The standard InChI is InChI=1S/C26H31N7O/c1-16(2)32-24(34)20-13-27-25(28-19-11-10-17-14-31(6)15-18(17)12-19)30-23(20)33(32)22-9-7-8-21(29-22)26(3,4)5/h7-13,16H,14-15H2,1-6H3,(H,27,28,30). The van der Waals surface area contributed by atoms with Crippen molar-refractivity contribution in [3.8, 4) is 5.82 Å². The van der Waals surface area contributed by atoms with Crippen LogP contribution in [0.1, 0.15) is 57.5 Å². The molecule has 4 aromatic rings. The first kappa shape index (κ1) is 22.3. The van der Waals surface area contributed by atoms with E-state index in [1.54, 1.807) is 10.9 Å². The molecule has 1 aromatic carbocycles. The number of benzene rings is 1. The molecule has 1 aliphatic rings. The smallest absolute Gasteiger partial charge is 0.278 e. The minimum atomic E-state index is -0.125. The quantitative estimate of drug-likeness (QED) is 0.484. The number of hydrogen-bond donors (Lipinski definition) is 1. The molecule has 3 aromatic heterocycles. The van der Waals surface area contributed by atoms with E-state index in [1.807, 2.05) is 42.8 Å². The molecule has 4 heterocycles. The molecule has 0 saturated carbocycles. The summed E-state index contributed by atoms with van der Waals surface area (Å²) in [5, 5.41) is 3.80. The fourth-order valence-corrected chi connectivity index (χ4v) is 4.48. The van der Waals surface area contributed by atoms with Gasteiger partial charge < -0.3 is 5.32 Å². The molecule has 0 fully saturated rings. The summed E-state index contributed by atoms with van der Waals surface area (Å²) < 4.78 is 3.52. The van der Waals surface area contributed by atoms with Crippen LogP contribution >= 0.6 is 0 Å². The first-order chi connectivity index (χ1) is 16.1. The molecule has 0 amide bonds. The Morgan fingerprint density at radius 2 is 1.79 bits per heavy atom. The van der Waals surface area contributed by atoms with E-state index in [2.05, 4.69) is 55.2 Å². The van der Waals surface area contributed by atoms with E-state index < -0.39 is 0 Å². The molecular formula is C26H31N7O. The Balaban J connectivity index is 1.63. The number of anilines is 2. The summed E-state index contributed by atoms with van der Waals surface area (Å²) in [6, 6.07) is 12.2. The van der Waals surface area contributed by atoms with Crippen molar-refractivity contribution in [1.29, 1.82) is 0 Å². The first-order valence-corrected chi connectivity index (χ1v) is 11.7. The predicted octanol–water partition coefficient (Wildman–Crippen LogP) is 4.54. The van der Waals surface area contributed by atoms with Crippen LogP contribution in [0.25, 0.3) is 16.9 Å². The first-order valence-electron chi connectivity index (χ1n) is 11.7. The SMILES string of the molecule is CC(C)n1c(=O)c2cnc(Nc3ccc4c(c3)CN(C)C4)nc2n1-c1cccc(C(C)(C)C)n1. The monoisotopic (exact) mass is 457 g/mol. The van der Waals surface area contributed by atoms with Crippen molar-refractivity contribution in [3.63, 3.8) is 0 Å². The minimum Gasteiger partial charge on any atom is -0.324 e. The average Bonchev–Trinajstić information content (AvgIpc) is 3.29. The average molecular weight is 458 g/mol. The third-order valence-electron chi connectivity index (χ3n) is 6.18. The highest BCUT2D eigenvalue weighted by Crippen LogP contribution is 2.27. The van der Waals surface area contributed by atoms with E-state index in [0.717, 1.165) is 24.5 Å². The van der Waals surface area contributed by atoms with Crippen molar-refractivity contribution in [2.24, 2.45) is 0 Å². The number of aromatic nitrogens is 5. The molecule has 0 spiro atoms. The molecular weight excluding hydrogens is 426 g/mol. The molecule has 0 saturated heterocycles. The van der Waals surface area contributed by atoms with Gasteiger partial charge in [-0.3, -0.25) is 9.69 Å². The van der Waals surface area contributed by atoms with Gasteiger partial charge in [-0.05, 0) is 56.3 Å². The summed E-state index contributed by atoms with van der Waals surface area (Å²) in [7, 11) is 2.12. The van der Waals surface area contributed by atoms with E-state index in [-0.39, 0.29) is 17.0 Å². The van der Waals surface area contributed by atoms with Crippen LogP contribution < -0.4 is 10.9 Å². The van der Waals surface area contributed by atoms with Crippen LogP contribution in [0, 0.1) is 0 Å². The Bertz CT molecular complexity index is 1440. The predicted molar refractivity (Wildman–Crippen MR) is 135 cm³/mol. The number of nitrogens with zero attached hydrogens (tertiary/aromatic N) is 6. The van der Waals surface area contributed by atoms with Crippen LogP contribution in [0.2, 0.25) is 0 Å². The van der Waals surface area contributed by atoms with Crippen LogP contribution in [-0.2, 0) is 18.5 Å². The molecule has 0 aliphatic carbocycles. The van der Waals surface area contributed by atoms with Crippen LogP contribution in [-0.4, -0.2) is 36.3 Å². The Morgan fingerprint density at radius 1 is 1.03 bits per heavy atom. The molecule has 34 heavy (non-hydrogen) atoms. The lowest BCUT2D eigenvalue weighted by atomic mass is 9.92. The van der Waals surface area contributed by atoms with Gasteiger partial charge >= 0.3 is 0 Å². The second-order valence-electron chi connectivity index (χ2n) is 10.4. The lowest BCUT2D eigenvalue weighted by Gasteiger charge is -2.20. The fraction of sp³-hybridized carbons (Fsp3) is 0.385. The van der Waals surface area contributed by atoms with Crippen LogP contribution in [0.3, 0.4) is 0 Å². The molecule has 0 bridgehead atoms. The zero-order chi connectivity index (χ0) is 24.2. The fourth-order valence-electron chi connectivity index (χ4n) is 4.48. The van der Waals surface area contributed by atoms with Gasteiger partial charge in [0.25, 0.3) is 5.56 Å². The third kappa shape index (κ3) is 3.88. The van der Waals surface area contributed by atoms with E-state index in [0.29, 0.717) is 22.8 Å². The highest BCUT2D eigenvalue weighted by molar-refractivity contribution is 5.77. The highest BCUT2D eigenvalue weighted by atomic mass is 16.1. The highest BCUT2D eigenvalue weighted by Gasteiger charge is 2.22. The minimum absolute atomic E-state index is 0.0769. The summed E-state index contributed by atoms with van der Waals surface area (Å²) in [4.78, 5) is 29.7. The van der Waals surface area contributed by atoms with E-state index >= 15 is 0 Å². The Kier molecular flexibility index (Phi) is 5.28. The molecule has 8 nitrogen and oxygen atoms in total. The van der Waals surface area contributed by atoms with Crippen molar-refractivity contribution < 1.29 is 0 Å². The Hall–Kier alpha value is -3.52. The normalized spacial score (nSPS) is 14.2. The molecule has 0 unspecified atom stereocenters. The topological polar surface area (TPSA) is 80.9 Å². The van der Waals surface area contributed by atoms with Crippen molar-refractivity contribution in [1.82, 2.24) is 29.2 Å². The molecule has 176 valence electrons. The van der Waals surface area contributed by atoms with Gasteiger partial charge in [0.05, 0.1) is 0 Å². The summed E-state index contributed by atoms with van der Waals surface area (Å²) in [5.41, 5.74) is 4.82. The number of hydrogen-bond acceptors (Lipinski definition) is 6. The van der Waals surface area contributed by atoms with E-state index in [4.69, 9.17) is 9.97 Å². The Labute approximate surface area is 199 Å². The van der Waals surface area contributed by atoms with Gasteiger partial charge in [0.2, 0.25) is 5.95 Å². The number of fused-ring (bicyclic) bond motifs is 2. The second kappa shape index (κ2) is 8.06. The number of rotatable bonds is 4. The maximum absolute atomic E-state index is 13.3. The zero-order valence-electron chi connectivity index (χ0n) is 20.6. The van der Waals surface area contributed by atoms with Crippen molar-refractivity contribution in [2.75, 3.05) is 12.4 Å². The molecule has 1 aliphatic heterocycles. The third-order valence-corrected chi connectivity index (χ3v) is 6.18. The van der Waals surface area contributed by atoms with Crippen LogP contribution in [0.4, 0.5) is 11.6 Å². The maximum atomic E-state index is 13.3. The van der Waals surface area contributed by atoms with Gasteiger partial charge in [-0.2, -0.15) is 4.98 Å². The lowest BCUT2D eigenvalue weighted by molar-refractivity contribution is 0.353. The number of nitrogens with one attached hydrogen (secondary N) is 1. The molecule has 8 heteroatoms. The van der Waals surface area contributed by atoms with Gasteiger partial charge in [-0.25, -0.2) is 19.3 Å². The summed E-state index contributed by atoms with van der Waals surface area (Å²) in [6.07, 6.45) is 1.61. The van der Waals surface area contributed by atoms with Crippen molar-refractivity contribution in [3.05, 3.63) is 69.8 Å². The van der Waals surface area contributed by atoms with Gasteiger partial charge in [0.1, 0.15) is 5.39 Å². The molecule has 0 radical (unpaired) electrons. The summed E-state index contributed by atoms with van der Waals surface area (Å²) >= 11 is 0. The Morgan fingerprint density at radius 3 is 2.53 bits per heavy atom. The van der Waals surface area contributed by atoms with Gasteiger partial charge in [0.15, 0.2) is 11.5 Å². The van der Waals surface area contributed by atoms with Crippen molar-refractivity contribution >= 4 is 22.7 Å². The summed E-state index contributed by atoms with van der Waals surface area (Å²) in [6.45, 7) is 12.2. The van der Waals surface area contributed by atoms with Crippen LogP contribution in [0.5, 0.6) is 0 Å². The van der Waals surface area contributed by atoms with Gasteiger partial charge in [0, 0.05) is 42.1 Å². The van der Waals surface area contributed by atoms with Gasteiger partial charge in [-0.15, -0.1) is 0 Å². The summed E-state index contributed by atoms with van der Waals surface area (Å²) in [5.74, 6) is 1.11.